The Morgan fingerprint density at radius 1 is 1.04 bits per heavy atom. The van der Waals surface area contributed by atoms with Gasteiger partial charge in [0, 0.05) is 0 Å². The van der Waals surface area contributed by atoms with Crippen molar-refractivity contribution in [3.8, 4) is 0 Å². The summed E-state index contributed by atoms with van der Waals surface area (Å²) in [6, 6.07) is 0. The fraction of sp³-hybridized carbons (Fsp3) is 0.714. The molecule has 8 nitrogen and oxygen atoms in total. The average Bonchev–Trinajstić information content (AvgIpc) is 2.71. The minimum atomic E-state index is -6.72. The van der Waals surface area contributed by atoms with E-state index in [-0.39, 0.29) is 0 Å². The summed E-state index contributed by atoms with van der Waals surface area (Å²) in [6.07, 6.45) is 3.86. The summed E-state index contributed by atoms with van der Waals surface area (Å²) in [5, 5.41) is 4.06. The maximum absolute atomic E-state index is 11.4. The van der Waals surface area contributed by atoms with Gasteiger partial charge >= 0.3 is 11.0 Å². The van der Waals surface area contributed by atoms with E-state index in [1.54, 1.807) is 4.68 Å². The van der Waals surface area contributed by atoms with Gasteiger partial charge in [0.2, 0.25) is 0 Å². The molecule has 0 atom stereocenters. The molecule has 0 aliphatic rings. The van der Waals surface area contributed by atoms with E-state index >= 15 is 0 Å². The van der Waals surface area contributed by atoms with Gasteiger partial charge < -0.3 is 4.13 Å². The third-order valence-electron chi connectivity index (χ3n) is 1.82. The lowest BCUT2D eigenvalue weighted by atomic mass is 10.7. The Bertz CT molecular complexity index is 679. The number of alkyl halides is 6. The van der Waals surface area contributed by atoms with E-state index in [9.17, 15) is 43.2 Å². The highest BCUT2D eigenvalue weighted by molar-refractivity contribution is 8.13. The molecular weight excluding hydrogens is 382 g/mol. The SMILES string of the molecule is CCn1cc[n+](C)n1.O=S(=O)([N-]S(=O)(=O)C(F)(F)F)C(F)(F)F. The van der Waals surface area contributed by atoms with Gasteiger partial charge in [-0.2, -0.15) is 26.3 Å². The molecule has 0 saturated heterocycles. The zero-order valence-electron chi connectivity index (χ0n) is 11.4. The molecule has 0 aliphatic heterocycles. The van der Waals surface area contributed by atoms with Crippen molar-refractivity contribution in [1.82, 2.24) is 9.90 Å². The van der Waals surface area contributed by atoms with Crippen molar-refractivity contribution < 1.29 is 47.9 Å². The summed E-state index contributed by atoms with van der Waals surface area (Å²) < 4.78 is 113. The standard InChI is InChI=1S/C5H10N3.C2F6NO4S2/c1-3-8-5-4-7(2)6-8;3-1(4,5)14(10,11)9-15(12,13)2(6,7)8/h4-5H,3H2,1-2H3;/q+1;-1. The van der Waals surface area contributed by atoms with Crippen LogP contribution in [-0.2, 0) is 33.6 Å². The molecule has 1 rings (SSSR count). The highest BCUT2D eigenvalue weighted by atomic mass is 32.3. The molecule has 0 fully saturated rings. The second kappa shape index (κ2) is 7.00. The Kier molecular flexibility index (Phi) is 6.56. The second-order valence-electron chi connectivity index (χ2n) is 3.63. The predicted molar refractivity (Wildman–Crippen MR) is 62.4 cm³/mol. The molecule has 16 heteroatoms. The summed E-state index contributed by atoms with van der Waals surface area (Å²) in [5.41, 5.74) is -12.4. The number of rotatable bonds is 3. The second-order valence-corrected chi connectivity index (χ2v) is 7.06. The van der Waals surface area contributed by atoms with Gasteiger partial charge in [0.15, 0.2) is 32.4 Å². The van der Waals surface area contributed by atoms with Crippen LogP contribution in [-0.4, -0.2) is 37.7 Å². The van der Waals surface area contributed by atoms with Gasteiger partial charge in [0.05, 0.1) is 5.21 Å². The summed E-state index contributed by atoms with van der Waals surface area (Å²) in [4.78, 5) is 0. The first-order chi connectivity index (χ1) is 10.0. The largest absolute Gasteiger partial charge is 0.480 e. The summed E-state index contributed by atoms with van der Waals surface area (Å²) >= 11 is 0. The van der Waals surface area contributed by atoms with Crippen LogP contribution in [0.1, 0.15) is 6.92 Å². The lowest BCUT2D eigenvalue weighted by Crippen LogP contribution is -2.30. The molecule has 1 heterocycles. The summed E-state index contributed by atoms with van der Waals surface area (Å²) in [6.45, 7) is 3.01. The Morgan fingerprint density at radius 3 is 1.61 bits per heavy atom. The third kappa shape index (κ3) is 6.30. The number of sulfonamides is 2. The molecule has 0 spiro atoms. The predicted octanol–water partition coefficient (Wildman–Crippen LogP) is 0.787. The van der Waals surface area contributed by atoms with E-state index in [0.717, 1.165) is 10.7 Å². The summed E-state index contributed by atoms with van der Waals surface area (Å²) in [7, 11) is -11.5. The minimum absolute atomic E-state index is 0.778. The van der Waals surface area contributed by atoms with Crippen molar-refractivity contribution in [2.24, 2.45) is 7.05 Å². The Hall–Kier alpha value is -1.42. The maximum Gasteiger partial charge on any atom is 0.480 e. The minimum Gasteiger partial charge on any atom is -0.421 e. The molecule has 0 saturated carbocycles. The Morgan fingerprint density at radius 2 is 1.43 bits per heavy atom. The van der Waals surface area contributed by atoms with Gasteiger partial charge in [-0.1, -0.05) is 0 Å². The van der Waals surface area contributed by atoms with Crippen molar-refractivity contribution in [3.05, 3.63) is 16.5 Å². The van der Waals surface area contributed by atoms with Crippen LogP contribution < -0.4 is 4.68 Å². The normalized spacial score (nSPS) is 13.4. The van der Waals surface area contributed by atoms with E-state index < -0.39 is 31.1 Å². The zero-order valence-corrected chi connectivity index (χ0v) is 13.0. The number of hydrogen-bond acceptors (Lipinski definition) is 5. The van der Waals surface area contributed by atoms with Crippen molar-refractivity contribution in [1.29, 1.82) is 0 Å². The van der Waals surface area contributed by atoms with Crippen LogP contribution in [0.15, 0.2) is 12.4 Å². The smallest absolute Gasteiger partial charge is 0.421 e. The van der Waals surface area contributed by atoms with E-state index in [1.165, 1.54) is 0 Å². The van der Waals surface area contributed by atoms with Gasteiger partial charge in [-0.3, -0.25) is 0 Å². The molecule has 0 radical (unpaired) electrons. The molecule has 1 aromatic rings. The van der Waals surface area contributed by atoms with Crippen LogP contribution in [0, 0.1) is 0 Å². The number of aromatic nitrogens is 3. The van der Waals surface area contributed by atoms with E-state index in [4.69, 9.17) is 0 Å². The molecule has 1 aromatic heterocycles. The molecule has 0 amide bonds. The lowest BCUT2D eigenvalue weighted by Gasteiger charge is -2.22. The van der Waals surface area contributed by atoms with Gasteiger partial charge in [-0.15, -0.1) is 9.36 Å². The molecule has 0 bridgehead atoms. The lowest BCUT2D eigenvalue weighted by molar-refractivity contribution is -0.732. The third-order valence-corrected chi connectivity index (χ3v) is 4.56. The first-order valence-corrected chi connectivity index (χ1v) is 8.17. The summed E-state index contributed by atoms with van der Waals surface area (Å²) in [5.74, 6) is 0. The molecule has 0 aliphatic carbocycles. The van der Waals surface area contributed by atoms with E-state index in [2.05, 4.69) is 12.1 Å². The van der Waals surface area contributed by atoms with Crippen molar-refractivity contribution in [3.63, 3.8) is 0 Å². The van der Waals surface area contributed by atoms with Crippen LogP contribution in [0.25, 0.3) is 4.13 Å². The first kappa shape index (κ1) is 21.6. The van der Waals surface area contributed by atoms with E-state index in [0.29, 0.717) is 0 Å². The molecule has 136 valence electrons. The van der Waals surface area contributed by atoms with Crippen LogP contribution in [0.5, 0.6) is 0 Å². The quantitative estimate of drug-likeness (QED) is 0.559. The number of nitrogens with zero attached hydrogens (tertiary/aromatic N) is 4. The fourth-order valence-corrected chi connectivity index (χ4v) is 2.51. The highest BCUT2D eigenvalue weighted by Gasteiger charge is 2.46. The van der Waals surface area contributed by atoms with Crippen LogP contribution in [0.2, 0.25) is 0 Å². The molecule has 23 heavy (non-hydrogen) atoms. The van der Waals surface area contributed by atoms with E-state index in [1.807, 2.05) is 24.1 Å². The zero-order chi connectivity index (χ0) is 18.7. The van der Waals surface area contributed by atoms with Crippen LogP contribution in [0.4, 0.5) is 26.3 Å². The molecule has 0 N–H and O–H groups in total. The maximum atomic E-state index is 11.4. The van der Waals surface area contributed by atoms with Gasteiger partial charge in [0.25, 0.3) is 0 Å². The monoisotopic (exact) mass is 392 g/mol. The fourth-order valence-electron chi connectivity index (χ4n) is 0.797. The van der Waals surface area contributed by atoms with Gasteiger partial charge in [0.1, 0.15) is 13.6 Å². The van der Waals surface area contributed by atoms with Crippen LogP contribution in [0.3, 0.4) is 0 Å². The Labute approximate surface area is 126 Å². The average molecular weight is 392 g/mol. The Balaban J connectivity index is 0.000000502. The molecule has 0 unspecified atom stereocenters. The van der Waals surface area contributed by atoms with Crippen molar-refractivity contribution in [2.75, 3.05) is 0 Å². The number of aryl methyl sites for hydroxylation is 2. The first-order valence-electron chi connectivity index (χ1n) is 5.29. The van der Waals surface area contributed by atoms with Crippen molar-refractivity contribution in [2.45, 2.75) is 24.5 Å². The van der Waals surface area contributed by atoms with Crippen molar-refractivity contribution >= 4 is 20.0 Å². The van der Waals surface area contributed by atoms with Gasteiger partial charge in [-0.05, 0) is 6.92 Å². The van der Waals surface area contributed by atoms with Crippen LogP contribution >= 0.6 is 0 Å². The molecular formula is C7H10F6N4O4S2. The number of halogens is 6. The highest BCUT2D eigenvalue weighted by Crippen LogP contribution is 2.36. The number of hydrogen-bond donors (Lipinski definition) is 0. The van der Waals surface area contributed by atoms with Gasteiger partial charge in [-0.25, -0.2) is 16.8 Å². The molecule has 0 aromatic carbocycles. The topological polar surface area (TPSA) is 104 Å².